The van der Waals surface area contributed by atoms with Gasteiger partial charge in [0.25, 0.3) is 0 Å². The minimum Gasteiger partial charge on any atom is -0.490 e. The van der Waals surface area contributed by atoms with Gasteiger partial charge in [0.05, 0.1) is 24.1 Å². The van der Waals surface area contributed by atoms with Crippen molar-refractivity contribution in [1.82, 2.24) is 0 Å². The van der Waals surface area contributed by atoms with Crippen LogP contribution in [0.5, 0.6) is 11.5 Å². The normalized spacial score (nSPS) is 17.7. The van der Waals surface area contributed by atoms with Crippen molar-refractivity contribution in [2.24, 2.45) is 5.73 Å². The second-order valence-corrected chi connectivity index (χ2v) is 8.81. The summed E-state index contributed by atoms with van der Waals surface area (Å²) in [7, 11) is 1.27. The number of ether oxygens (including phenoxy) is 4. The van der Waals surface area contributed by atoms with Gasteiger partial charge in [-0.2, -0.15) is 0 Å². The molecule has 8 heteroatoms. The molecule has 178 valence electrons. The molecule has 1 atom stereocenters. The Kier molecular flexibility index (Phi) is 7.26. The molecule has 2 N–H and O–H groups in total. The summed E-state index contributed by atoms with van der Waals surface area (Å²) >= 11 is 3.60. The summed E-state index contributed by atoms with van der Waals surface area (Å²) in [5.41, 5.74) is 8.36. The predicted octanol–water partition coefficient (Wildman–Crippen LogP) is 4.89. The van der Waals surface area contributed by atoms with Crippen LogP contribution in [0.25, 0.3) is 0 Å². The lowest BCUT2D eigenvalue weighted by molar-refractivity contribution is -0.136. The number of hydrogen-bond acceptors (Lipinski definition) is 7. The van der Waals surface area contributed by atoms with E-state index in [9.17, 15) is 9.59 Å². The van der Waals surface area contributed by atoms with E-state index in [-0.39, 0.29) is 17.2 Å². The molecule has 0 radical (unpaired) electrons. The number of Topliss-reactive ketones (excluding diaryl/α,β-unsaturated/α-hetero) is 1. The molecule has 0 amide bonds. The van der Waals surface area contributed by atoms with Crippen LogP contribution in [-0.4, -0.2) is 25.5 Å². The topological polar surface area (TPSA) is 97.1 Å². The fourth-order valence-electron chi connectivity index (χ4n) is 4.29. The highest BCUT2D eigenvalue weighted by molar-refractivity contribution is 9.10. The van der Waals surface area contributed by atoms with Crippen molar-refractivity contribution < 1.29 is 28.5 Å². The van der Waals surface area contributed by atoms with Gasteiger partial charge in [-0.1, -0.05) is 30.3 Å². The molecule has 2 aromatic rings. The first kappa shape index (κ1) is 23.9. The van der Waals surface area contributed by atoms with Crippen LogP contribution >= 0.6 is 15.9 Å². The fraction of sp³-hybridized carbons (Fsp3) is 0.308. The Bertz CT molecular complexity index is 1170. The van der Waals surface area contributed by atoms with Crippen LogP contribution in [0, 0.1) is 0 Å². The third-order valence-corrected chi connectivity index (χ3v) is 6.37. The number of methoxy groups -OCH3 is 1. The summed E-state index contributed by atoms with van der Waals surface area (Å²) in [5, 5.41) is 0. The van der Waals surface area contributed by atoms with Crippen molar-refractivity contribution in [3.05, 3.63) is 80.9 Å². The number of hydrogen-bond donors (Lipinski definition) is 1. The van der Waals surface area contributed by atoms with Crippen molar-refractivity contribution in [1.29, 1.82) is 0 Å². The van der Waals surface area contributed by atoms with E-state index in [1.807, 2.05) is 43.3 Å². The van der Waals surface area contributed by atoms with Crippen molar-refractivity contribution in [2.75, 3.05) is 13.7 Å². The molecule has 0 spiro atoms. The van der Waals surface area contributed by atoms with Gasteiger partial charge in [-0.15, -0.1) is 0 Å². The van der Waals surface area contributed by atoms with Crippen LogP contribution in [0.3, 0.4) is 0 Å². The van der Waals surface area contributed by atoms with Crippen molar-refractivity contribution in [2.45, 2.75) is 38.7 Å². The number of carbonyl (C=O) groups is 2. The van der Waals surface area contributed by atoms with E-state index in [4.69, 9.17) is 24.7 Å². The molecule has 0 unspecified atom stereocenters. The summed E-state index contributed by atoms with van der Waals surface area (Å²) in [6.45, 7) is 2.63. The number of rotatable bonds is 7. The molecular formula is C26H26BrNO6. The van der Waals surface area contributed by atoms with E-state index in [2.05, 4.69) is 15.9 Å². The lowest BCUT2D eigenvalue weighted by atomic mass is 9.77. The monoisotopic (exact) mass is 527 g/mol. The number of halogens is 1. The Labute approximate surface area is 206 Å². The smallest absolute Gasteiger partial charge is 0.340 e. The second-order valence-electron chi connectivity index (χ2n) is 7.96. The molecule has 0 aromatic heterocycles. The first-order chi connectivity index (χ1) is 16.4. The van der Waals surface area contributed by atoms with Crippen LogP contribution in [0.1, 0.15) is 43.2 Å². The molecule has 0 fully saturated rings. The third kappa shape index (κ3) is 4.68. The van der Waals surface area contributed by atoms with Gasteiger partial charge >= 0.3 is 5.97 Å². The van der Waals surface area contributed by atoms with Gasteiger partial charge in [-0.05, 0) is 52.5 Å². The standard InChI is InChI=1S/C26H26BrNO6/c1-3-32-20-13-16(12-17(27)24(20)33-14-15-8-5-4-6-9-15)21-22-18(29)10-7-11-19(22)34-25(28)23(21)26(30)31-2/h4-6,8-9,12-13,21H,3,7,10-11,14,28H2,1-2H3/t21-/m1/s1. The van der Waals surface area contributed by atoms with E-state index in [1.165, 1.54) is 7.11 Å². The summed E-state index contributed by atoms with van der Waals surface area (Å²) in [4.78, 5) is 25.7. The molecular weight excluding hydrogens is 502 g/mol. The van der Waals surface area contributed by atoms with Crippen molar-refractivity contribution in [3.8, 4) is 11.5 Å². The van der Waals surface area contributed by atoms with Crippen LogP contribution in [0.2, 0.25) is 0 Å². The minimum atomic E-state index is -0.734. The van der Waals surface area contributed by atoms with Gasteiger partial charge in [0.2, 0.25) is 5.88 Å². The van der Waals surface area contributed by atoms with Gasteiger partial charge < -0.3 is 24.7 Å². The van der Waals surface area contributed by atoms with Gasteiger partial charge in [-0.3, -0.25) is 4.79 Å². The Hall–Kier alpha value is -3.26. The first-order valence-corrected chi connectivity index (χ1v) is 11.9. The molecule has 0 saturated carbocycles. The Morgan fingerprint density at radius 3 is 2.65 bits per heavy atom. The summed E-state index contributed by atoms with van der Waals surface area (Å²) in [5.74, 6) is 0.0191. The van der Waals surface area contributed by atoms with Gasteiger partial charge in [-0.25, -0.2) is 4.79 Å². The molecule has 1 aliphatic heterocycles. The lowest BCUT2D eigenvalue weighted by Crippen LogP contribution is -2.31. The minimum absolute atomic E-state index is 0.0520. The maximum absolute atomic E-state index is 13.0. The Morgan fingerprint density at radius 1 is 1.18 bits per heavy atom. The number of benzene rings is 2. The lowest BCUT2D eigenvalue weighted by Gasteiger charge is -2.32. The number of nitrogens with two attached hydrogens (primary N) is 1. The van der Waals surface area contributed by atoms with E-state index in [1.54, 1.807) is 6.07 Å². The number of carbonyl (C=O) groups excluding carboxylic acids is 2. The number of esters is 1. The molecule has 4 rings (SSSR count). The Balaban J connectivity index is 1.80. The average molecular weight is 528 g/mol. The SMILES string of the molecule is CCOc1cc([C@H]2C(C(=O)OC)=C(N)OC3=C2C(=O)CCC3)cc(Br)c1OCc1ccccc1. The zero-order valence-electron chi connectivity index (χ0n) is 19.1. The van der Waals surface area contributed by atoms with Crippen LogP contribution in [0.15, 0.2) is 69.7 Å². The highest BCUT2D eigenvalue weighted by Crippen LogP contribution is 2.47. The second kappa shape index (κ2) is 10.3. The van der Waals surface area contributed by atoms with Gasteiger partial charge in [0.1, 0.15) is 17.9 Å². The fourth-order valence-corrected chi connectivity index (χ4v) is 4.86. The quantitative estimate of drug-likeness (QED) is 0.511. The summed E-state index contributed by atoms with van der Waals surface area (Å²) in [6, 6.07) is 13.4. The maximum Gasteiger partial charge on any atom is 0.340 e. The zero-order valence-corrected chi connectivity index (χ0v) is 20.6. The summed E-state index contributed by atoms with van der Waals surface area (Å²) in [6.07, 6.45) is 1.63. The maximum atomic E-state index is 13.0. The first-order valence-electron chi connectivity index (χ1n) is 11.1. The number of allylic oxidation sites excluding steroid dienone is 2. The third-order valence-electron chi connectivity index (χ3n) is 5.78. The summed E-state index contributed by atoms with van der Waals surface area (Å²) < 4.78 is 23.3. The molecule has 2 aromatic carbocycles. The molecule has 2 aliphatic rings. The van der Waals surface area contributed by atoms with Crippen LogP contribution in [-0.2, 0) is 25.7 Å². The molecule has 7 nitrogen and oxygen atoms in total. The predicted molar refractivity (Wildman–Crippen MR) is 129 cm³/mol. The molecule has 0 saturated heterocycles. The van der Waals surface area contributed by atoms with E-state index in [0.717, 1.165) is 5.56 Å². The Morgan fingerprint density at radius 2 is 1.94 bits per heavy atom. The zero-order chi connectivity index (χ0) is 24.2. The highest BCUT2D eigenvalue weighted by atomic mass is 79.9. The van der Waals surface area contributed by atoms with Crippen LogP contribution in [0.4, 0.5) is 0 Å². The van der Waals surface area contributed by atoms with Crippen molar-refractivity contribution in [3.63, 3.8) is 0 Å². The van der Waals surface area contributed by atoms with Crippen LogP contribution < -0.4 is 15.2 Å². The average Bonchev–Trinajstić information content (AvgIpc) is 2.83. The van der Waals surface area contributed by atoms with E-state index < -0.39 is 11.9 Å². The van der Waals surface area contributed by atoms with Gasteiger partial charge in [0.15, 0.2) is 17.3 Å². The van der Waals surface area contributed by atoms with Crippen molar-refractivity contribution >= 4 is 27.7 Å². The van der Waals surface area contributed by atoms with E-state index >= 15 is 0 Å². The largest absolute Gasteiger partial charge is 0.490 e. The number of ketones is 1. The molecule has 0 bridgehead atoms. The van der Waals surface area contributed by atoms with Gasteiger partial charge in [0, 0.05) is 18.4 Å². The highest BCUT2D eigenvalue weighted by Gasteiger charge is 2.41. The molecule has 34 heavy (non-hydrogen) atoms. The van der Waals surface area contributed by atoms with E-state index in [0.29, 0.717) is 65.3 Å². The molecule has 1 aliphatic carbocycles. The molecule has 1 heterocycles.